The fourth-order valence-electron chi connectivity index (χ4n) is 4.52. The minimum atomic E-state index is -0.291. The van der Waals surface area contributed by atoms with Crippen molar-refractivity contribution in [2.75, 3.05) is 42.6 Å². The molecule has 0 bridgehead atoms. The van der Waals surface area contributed by atoms with Gasteiger partial charge in [-0.1, -0.05) is 24.3 Å². The van der Waals surface area contributed by atoms with E-state index in [4.69, 9.17) is 19.4 Å². The van der Waals surface area contributed by atoms with Gasteiger partial charge in [0.05, 0.1) is 24.6 Å². The number of fused-ring (bicyclic) bond motifs is 1. The first-order chi connectivity index (χ1) is 16.4. The molecule has 176 valence electrons. The van der Waals surface area contributed by atoms with Gasteiger partial charge in [0.1, 0.15) is 17.2 Å². The standard InChI is InChI=1S/C27H30N4O3/c1-27(2,3)34-21-9-6-8-19(17-21)24-22-11-12-31(23-10-5-4-7-20(23)18-32)25(22)29-26(28-24)30-13-15-33-16-14-30/h4-10,17-18H,11-16H2,1-3H3. The number of hydrogen-bond acceptors (Lipinski definition) is 7. The van der Waals surface area contributed by atoms with Crippen molar-refractivity contribution in [1.29, 1.82) is 0 Å². The Morgan fingerprint density at radius 2 is 1.79 bits per heavy atom. The third-order valence-electron chi connectivity index (χ3n) is 5.99. The summed E-state index contributed by atoms with van der Waals surface area (Å²) in [6, 6.07) is 15.8. The molecule has 0 unspecified atom stereocenters. The van der Waals surface area contributed by atoms with Crippen molar-refractivity contribution < 1.29 is 14.3 Å². The van der Waals surface area contributed by atoms with Gasteiger partial charge in [0.15, 0.2) is 6.29 Å². The molecule has 5 rings (SSSR count). The van der Waals surface area contributed by atoms with Crippen molar-refractivity contribution >= 4 is 23.7 Å². The highest BCUT2D eigenvalue weighted by Crippen LogP contribution is 2.40. The van der Waals surface area contributed by atoms with E-state index >= 15 is 0 Å². The Labute approximate surface area is 200 Å². The van der Waals surface area contributed by atoms with Crippen molar-refractivity contribution in [2.45, 2.75) is 32.8 Å². The lowest BCUT2D eigenvalue weighted by atomic mass is 10.0. The molecule has 2 aliphatic rings. The van der Waals surface area contributed by atoms with Crippen LogP contribution in [0.2, 0.25) is 0 Å². The maximum atomic E-state index is 11.8. The molecule has 3 aromatic rings. The molecule has 34 heavy (non-hydrogen) atoms. The molecule has 0 N–H and O–H groups in total. The van der Waals surface area contributed by atoms with E-state index in [9.17, 15) is 4.79 Å². The first-order valence-corrected chi connectivity index (χ1v) is 11.8. The van der Waals surface area contributed by atoms with Crippen LogP contribution in [0.25, 0.3) is 11.3 Å². The Hall–Kier alpha value is -3.45. The van der Waals surface area contributed by atoms with Gasteiger partial charge in [0.2, 0.25) is 5.95 Å². The van der Waals surface area contributed by atoms with Crippen molar-refractivity contribution in [2.24, 2.45) is 0 Å². The normalized spacial score (nSPS) is 15.9. The zero-order valence-electron chi connectivity index (χ0n) is 20.0. The summed E-state index contributed by atoms with van der Waals surface area (Å²) in [6.45, 7) is 9.67. The van der Waals surface area contributed by atoms with Crippen LogP contribution >= 0.6 is 0 Å². The number of aldehydes is 1. The van der Waals surface area contributed by atoms with Crippen LogP contribution in [-0.2, 0) is 11.2 Å². The molecular formula is C27H30N4O3. The molecule has 0 spiro atoms. The maximum absolute atomic E-state index is 11.8. The molecule has 1 aromatic heterocycles. The number of morpholine rings is 1. The Kier molecular flexibility index (Phi) is 5.96. The zero-order chi connectivity index (χ0) is 23.7. The highest BCUT2D eigenvalue weighted by atomic mass is 16.5. The molecule has 0 amide bonds. The summed E-state index contributed by atoms with van der Waals surface area (Å²) in [5.74, 6) is 2.36. The molecule has 0 saturated carbocycles. The van der Waals surface area contributed by atoms with Gasteiger partial charge in [0, 0.05) is 36.3 Å². The van der Waals surface area contributed by atoms with E-state index in [-0.39, 0.29) is 5.60 Å². The predicted octanol–water partition coefficient (Wildman–Crippen LogP) is 4.66. The summed E-state index contributed by atoms with van der Waals surface area (Å²) in [6.07, 6.45) is 1.71. The number of benzene rings is 2. The molecule has 0 aliphatic carbocycles. The number of ether oxygens (including phenoxy) is 2. The highest BCUT2D eigenvalue weighted by Gasteiger charge is 2.30. The number of rotatable bonds is 5. The summed E-state index contributed by atoms with van der Waals surface area (Å²) in [5.41, 5.74) is 4.24. The van der Waals surface area contributed by atoms with Crippen LogP contribution in [0, 0.1) is 0 Å². The van der Waals surface area contributed by atoms with Crippen LogP contribution in [-0.4, -0.2) is 54.7 Å². The zero-order valence-corrected chi connectivity index (χ0v) is 20.0. The summed E-state index contributed by atoms with van der Waals surface area (Å²) in [4.78, 5) is 26.1. The van der Waals surface area contributed by atoms with Gasteiger partial charge in [-0.25, -0.2) is 4.98 Å². The van der Waals surface area contributed by atoms with Crippen LogP contribution in [0.15, 0.2) is 48.5 Å². The van der Waals surface area contributed by atoms with Gasteiger partial charge < -0.3 is 19.3 Å². The van der Waals surface area contributed by atoms with Crippen molar-refractivity contribution in [3.05, 3.63) is 59.7 Å². The number of para-hydroxylation sites is 1. The van der Waals surface area contributed by atoms with Gasteiger partial charge in [-0.3, -0.25) is 4.79 Å². The van der Waals surface area contributed by atoms with Crippen molar-refractivity contribution in [1.82, 2.24) is 9.97 Å². The van der Waals surface area contributed by atoms with Gasteiger partial charge in [-0.2, -0.15) is 4.98 Å². The molecule has 1 saturated heterocycles. The smallest absolute Gasteiger partial charge is 0.228 e. The minimum absolute atomic E-state index is 0.291. The monoisotopic (exact) mass is 458 g/mol. The number of hydrogen-bond donors (Lipinski definition) is 0. The van der Waals surface area contributed by atoms with Crippen LogP contribution in [0.3, 0.4) is 0 Å². The molecule has 7 nitrogen and oxygen atoms in total. The first kappa shape index (κ1) is 22.3. The molecular weight excluding hydrogens is 428 g/mol. The lowest BCUT2D eigenvalue weighted by Crippen LogP contribution is -2.37. The van der Waals surface area contributed by atoms with Gasteiger partial charge in [-0.15, -0.1) is 0 Å². The van der Waals surface area contributed by atoms with Crippen LogP contribution < -0.4 is 14.5 Å². The fourth-order valence-corrected chi connectivity index (χ4v) is 4.52. The number of nitrogens with zero attached hydrogens (tertiary/aromatic N) is 4. The van der Waals surface area contributed by atoms with Crippen LogP contribution in [0.4, 0.5) is 17.5 Å². The molecule has 2 aliphatic heterocycles. The summed E-state index contributed by atoms with van der Waals surface area (Å²) < 4.78 is 11.7. The van der Waals surface area contributed by atoms with E-state index in [0.717, 1.165) is 66.4 Å². The van der Waals surface area contributed by atoms with Crippen molar-refractivity contribution in [3.8, 4) is 17.0 Å². The van der Waals surface area contributed by atoms with E-state index in [1.165, 1.54) is 0 Å². The molecule has 2 aromatic carbocycles. The minimum Gasteiger partial charge on any atom is -0.488 e. The van der Waals surface area contributed by atoms with E-state index in [2.05, 4.69) is 21.9 Å². The van der Waals surface area contributed by atoms with E-state index < -0.39 is 0 Å². The summed E-state index contributed by atoms with van der Waals surface area (Å²) in [5, 5.41) is 0. The Morgan fingerprint density at radius 3 is 2.56 bits per heavy atom. The van der Waals surface area contributed by atoms with Gasteiger partial charge >= 0.3 is 0 Å². The van der Waals surface area contributed by atoms with Crippen molar-refractivity contribution in [3.63, 3.8) is 0 Å². The van der Waals surface area contributed by atoms with Crippen LogP contribution in [0.5, 0.6) is 5.75 Å². The lowest BCUT2D eigenvalue weighted by molar-refractivity contribution is 0.112. The Balaban J connectivity index is 1.64. The molecule has 0 radical (unpaired) electrons. The van der Waals surface area contributed by atoms with E-state index in [1.54, 1.807) is 0 Å². The quantitative estimate of drug-likeness (QED) is 0.515. The fraction of sp³-hybridized carbons (Fsp3) is 0.370. The van der Waals surface area contributed by atoms with E-state index in [1.807, 2.05) is 57.2 Å². The molecule has 3 heterocycles. The lowest BCUT2D eigenvalue weighted by Gasteiger charge is -2.28. The van der Waals surface area contributed by atoms with E-state index in [0.29, 0.717) is 24.7 Å². The first-order valence-electron chi connectivity index (χ1n) is 11.8. The number of carbonyl (C=O) groups is 1. The summed E-state index contributed by atoms with van der Waals surface area (Å²) in [7, 11) is 0. The maximum Gasteiger partial charge on any atom is 0.228 e. The van der Waals surface area contributed by atoms with Gasteiger partial charge in [-0.05, 0) is 51.5 Å². The SMILES string of the molecule is CC(C)(C)Oc1cccc(-c2nc(N3CCOCC3)nc3c2CCN3c2ccccc2C=O)c1. The Bertz CT molecular complexity index is 1200. The second kappa shape index (κ2) is 9.06. The van der Waals surface area contributed by atoms with Crippen LogP contribution in [0.1, 0.15) is 36.7 Å². The largest absolute Gasteiger partial charge is 0.488 e. The topological polar surface area (TPSA) is 67.8 Å². The summed E-state index contributed by atoms with van der Waals surface area (Å²) >= 11 is 0. The van der Waals surface area contributed by atoms with Gasteiger partial charge in [0.25, 0.3) is 0 Å². The molecule has 7 heteroatoms. The second-order valence-electron chi connectivity index (χ2n) is 9.59. The highest BCUT2D eigenvalue weighted by molar-refractivity contribution is 5.88. The predicted molar refractivity (Wildman–Crippen MR) is 133 cm³/mol. The molecule has 1 fully saturated rings. The second-order valence-corrected chi connectivity index (χ2v) is 9.59. The Morgan fingerprint density at radius 1 is 1.00 bits per heavy atom. The third-order valence-corrected chi connectivity index (χ3v) is 5.99. The number of carbonyl (C=O) groups excluding carboxylic acids is 1. The number of anilines is 3. The average Bonchev–Trinajstić information content (AvgIpc) is 3.27. The third kappa shape index (κ3) is 4.48. The average molecular weight is 459 g/mol. The number of aromatic nitrogens is 2. The molecule has 0 atom stereocenters.